The molecular formula is C14H9Br2N3OS. The van der Waals surface area contributed by atoms with Gasteiger partial charge in [-0.1, -0.05) is 12.1 Å². The van der Waals surface area contributed by atoms with Gasteiger partial charge in [-0.05, 0) is 50.1 Å². The summed E-state index contributed by atoms with van der Waals surface area (Å²) in [6, 6.07) is 9.82. The number of fused-ring (bicyclic) bond motifs is 3. The van der Waals surface area contributed by atoms with E-state index < -0.39 is 0 Å². The summed E-state index contributed by atoms with van der Waals surface area (Å²) in [5.74, 6) is 0.738. The molecule has 0 radical (unpaired) electrons. The average molecular weight is 427 g/mol. The fraction of sp³-hybridized carbons (Fsp3) is 0.143. The lowest BCUT2D eigenvalue weighted by molar-refractivity contribution is 0.0992. The highest BCUT2D eigenvalue weighted by Gasteiger charge is 2.30. The molecule has 0 fully saturated rings. The van der Waals surface area contributed by atoms with Crippen LogP contribution in [0.4, 0.5) is 5.95 Å². The van der Waals surface area contributed by atoms with Gasteiger partial charge < -0.3 is 4.57 Å². The Morgan fingerprint density at radius 1 is 1.24 bits per heavy atom. The summed E-state index contributed by atoms with van der Waals surface area (Å²) in [6.07, 6.45) is 0. The first kappa shape index (κ1) is 13.5. The second-order valence-corrected chi connectivity index (χ2v) is 7.97. The summed E-state index contributed by atoms with van der Waals surface area (Å²) in [6.45, 7) is 1.45. The van der Waals surface area contributed by atoms with Crippen LogP contribution in [0.15, 0.2) is 38.6 Å². The van der Waals surface area contributed by atoms with Crippen molar-refractivity contribution in [1.82, 2.24) is 9.55 Å². The third kappa shape index (κ3) is 2.06. The van der Waals surface area contributed by atoms with Gasteiger partial charge in [0.25, 0.3) is 5.91 Å². The SMILES string of the molecule is O=C(c1cc(Br)c(Br)s1)N1CCn2c1nc1ccccc12. The van der Waals surface area contributed by atoms with Crippen LogP contribution in [0.5, 0.6) is 0 Å². The Labute approximate surface area is 141 Å². The summed E-state index contributed by atoms with van der Waals surface area (Å²) in [5, 5.41) is 0. The number of imidazole rings is 1. The maximum absolute atomic E-state index is 12.7. The molecule has 0 unspecified atom stereocenters. The molecule has 0 atom stereocenters. The molecule has 3 heterocycles. The van der Waals surface area contributed by atoms with Crippen molar-refractivity contribution in [1.29, 1.82) is 0 Å². The van der Waals surface area contributed by atoms with E-state index in [0.717, 1.165) is 31.8 Å². The van der Waals surface area contributed by atoms with E-state index in [1.54, 1.807) is 4.90 Å². The molecule has 7 heteroatoms. The van der Waals surface area contributed by atoms with Crippen molar-refractivity contribution in [3.05, 3.63) is 43.5 Å². The van der Waals surface area contributed by atoms with Crippen molar-refractivity contribution in [3.8, 4) is 0 Å². The van der Waals surface area contributed by atoms with Crippen LogP contribution in [0.25, 0.3) is 11.0 Å². The van der Waals surface area contributed by atoms with Gasteiger partial charge in [0.2, 0.25) is 5.95 Å². The van der Waals surface area contributed by atoms with E-state index in [0.29, 0.717) is 11.4 Å². The van der Waals surface area contributed by atoms with E-state index in [2.05, 4.69) is 41.4 Å². The maximum Gasteiger partial charge on any atom is 0.270 e. The molecule has 1 aliphatic heterocycles. The molecule has 4 rings (SSSR count). The Morgan fingerprint density at radius 3 is 2.81 bits per heavy atom. The second-order valence-electron chi connectivity index (χ2n) is 4.74. The van der Waals surface area contributed by atoms with Crippen LogP contribution in [0, 0.1) is 0 Å². The van der Waals surface area contributed by atoms with E-state index in [4.69, 9.17) is 0 Å². The molecule has 4 nitrogen and oxygen atoms in total. The Kier molecular flexibility index (Phi) is 3.16. The van der Waals surface area contributed by atoms with E-state index in [-0.39, 0.29) is 5.91 Å². The highest BCUT2D eigenvalue weighted by Crippen LogP contribution is 2.35. The number of halogens is 2. The lowest BCUT2D eigenvalue weighted by Gasteiger charge is -2.12. The molecule has 0 saturated carbocycles. The molecule has 0 N–H and O–H groups in total. The standard InChI is InChI=1S/C14H9Br2N3OS/c15-8-7-11(21-12(8)16)13(20)19-6-5-18-10-4-2-1-3-9(10)17-14(18)19/h1-4,7H,5-6H2. The predicted octanol–water partition coefficient (Wildman–Crippen LogP) is 4.28. The number of rotatable bonds is 1. The summed E-state index contributed by atoms with van der Waals surface area (Å²) < 4.78 is 3.94. The minimum Gasteiger partial charge on any atom is -0.308 e. The monoisotopic (exact) mass is 425 g/mol. The van der Waals surface area contributed by atoms with E-state index in [1.165, 1.54) is 11.3 Å². The first-order valence-corrected chi connectivity index (χ1v) is 8.77. The molecule has 1 aromatic carbocycles. The van der Waals surface area contributed by atoms with Gasteiger partial charge in [0.1, 0.15) is 0 Å². The highest BCUT2D eigenvalue weighted by molar-refractivity contribution is 9.13. The van der Waals surface area contributed by atoms with Crippen LogP contribution >= 0.6 is 43.2 Å². The van der Waals surface area contributed by atoms with Gasteiger partial charge in [-0.2, -0.15) is 0 Å². The van der Waals surface area contributed by atoms with Gasteiger partial charge in [0.05, 0.1) is 19.7 Å². The van der Waals surface area contributed by atoms with E-state index in [1.807, 2.05) is 30.3 Å². The van der Waals surface area contributed by atoms with Gasteiger partial charge in [-0.25, -0.2) is 4.98 Å². The zero-order chi connectivity index (χ0) is 14.6. The van der Waals surface area contributed by atoms with Crippen molar-refractivity contribution in [2.45, 2.75) is 6.54 Å². The van der Waals surface area contributed by atoms with Crippen LogP contribution in [-0.4, -0.2) is 22.0 Å². The number of para-hydroxylation sites is 2. The van der Waals surface area contributed by atoms with Crippen molar-refractivity contribution in [3.63, 3.8) is 0 Å². The van der Waals surface area contributed by atoms with Crippen molar-refractivity contribution >= 4 is 66.1 Å². The predicted molar refractivity (Wildman–Crippen MR) is 91.1 cm³/mol. The Morgan fingerprint density at radius 2 is 2.05 bits per heavy atom. The smallest absolute Gasteiger partial charge is 0.270 e. The number of amides is 1. The number of nitrogens with zero attached hydrogens (tertiary/aromatic N) is 3. The summed E-state index contributed by atoms with van der Waals surface area (Å²) in [4.78, 5) is 19.8. The molecule has 1 amide bonds. The second kappa shape index (κ2) is 4.93. The molecule has 1 aliphatic rings. The quantitative estimate of drug-likeness (QED) is 0.582. The number of carbonyl (C=O) groups excluding carboxylic acids is 1. The largest absolute Gasteiger partial charge is 0.308 e. The molecule has 0 bridgehead atoms. The summed E-state index contributed by atoms with van der Waals surface area (Å²) in [5.41, 5.74) is 2.01. The normalized spacial score (nSPS) is 13.9. The molecule has 2 aromatic heterocycles. The van der Waals surface area contributed by atoms with Crippen LogP contribution in [0.3, 0.4) is 0 Å². The first-order valence-electron chi connectivity index (χ1n) is 6.37. The molecular weight excluding hydrogens is 418 g/mol. The minimum absolute atomic E-state index is 0.000422. The van der Waals surface area contributed by atoms with Gasteiger partial charge in [0.15, 0.2) is 0 Å². The van der Waals surface area contributed by atoms with E-state index >= 15 is 0 Å². The zero-order valence-corrected chi connectivity index (χ0v) is 14.7. The Balaban J connectivity index is 1.77. The third-order valence-corrected chi connectivity index (χ3v) is 6.77. The van der Waals surface area contributed by atoms with Crippen LogP contribution in [-0.2, 0) is 6.54 Å². The summed E-state index contributed by atoms with van der Waals surface area (Å²) >= 11 is 8.29. The third-order valence-electron chi connectivity index (χ3n) is 3.52. The molecule has 0 saturated heterocycles. The topological polar surface area (TPSA) is 38.1 Å². The van der Waals surface area contributed by atoms with Gasteiger partial charge in [-0.3, -0.25) is 9.69 Å². The average Bonchev–Trinajstić information content (AvgIpc) is 3.12. The number of hydrogen-bond acceptors (Lipinski definition) is 3. The van der Waals surface area contributed by atoms with Gasteiger partial charge >= 0.3 is 0 Å². The van der Waals surface area contributed by atoms with Crippen LogP contribution in [0.1, 0.15) is 9.67 Å². The molecule has 3 aromatic rings. The van der Waals surface area contributed by atoms with E-state index in [9.17, 15) is 4.79 Å². The lowest BCUT2D eigenvalue weighted by atomic mass is 10.3. The Hall–Kier alpha value is -1.18. The highest BCUT2D eigenvalue weighted by atomic mass is 79.9. The maximum atomic E-state index is 12.7. The molecule has 106 valence electrons. The number of anilines is 1. The van der Waals surface area contributed by atoms with Crippen LogP contribution < -0.4 is 4.90 Å². The lowest BCUT2D eigenvalue weighted by Crippen LogP contribution is -2.28. The van der Waals surface area contributed by atoms with Crippen molar-refractivity contribution in [2.75, 3.05) is 11.4 Å². The van der Waals surface area contributed by atoms with Crippen molar-refractivity contribution in [2.24, 2.45) is 0 Å². The zero-order valence-electron chi connectivity index (χ0n) is 10.7. The fourth-order valence-electron chi connectivity index (χ4n) is 2.57. The molecule has 21 heavy (non-hydrogen) atoms. The number of thiophene rings is 1. The Bertz CT molecular complexity index is 851. The van der Waals surface area contributed by atoms with Crippen molar-refractivity contribution < 1.29 is 4.79 Å². The van der Waals surface area contributed by atoms with Gasteiger partial charge in [-0.15, -0.1) is 11.3 Å². The van der Waals surface area contributed by atoms with Crippen LogP contribution in [0.2, 0.25) is 0 Å². The number of hydrogen-bond donors (Lipinski definition) is 0. The molecule has 0 aliphatic carbocycles. The molecule has 0 spiro atoms. The van der Waals surface area contributed by atoms with Gasteiger partial charge in [0, 0.05) is 17.6 Å². The number of aromatic nitrogens is 2. The fourth-order valence-corrected chi connectivity index (χ4v) is 4.55. The number of carbonyl (C=O) groups is 1. The first-order chi connectivity index (χ1) is 10.1. The minimum atomic E-state index is 0.000422. The number of benzene rings is 1. The summed E-state index contributed by atoms with van der Waals surface area (Å²) in [7, 11) is 0.